The van der Waals surface area contributed by atoms with Crippen LogP contribution in [0.5, 0.6) is 0 Å². The highest BCUT2D eigenvalue weighted by Gasteiger charge is 2.38. The molecule has 0 saturated carbocycles. The Balaban J connectivity index is 1.27. The van der Waals surface area contributed by atoms with Gasteiger partial charge in [-0.3, -0.25) is 10.2 Å². The quantitative estimate of drug-likeness (QED) is 0.220. The molecule has 208 valence electrons. The van der Waals surface area contributed by atoms with Crippen LogP contribution < -0.4 is 5.73 Å². The van der Waals surface area contributed by atoms with Crippen LogP contribution >= 0.6 is 11.3 Å². The number of amidine groups is 1. The second-order valence-corrected chi connectivity index (χ2v) is 13.1. The highest BCUT2D eigenvalue weighted by atomic mass is 32.2. The van der Waals surface area contributed by atoms with E-state index in [0.29, 0.717) is 16.4 Å². The molecule has 40 heavy (non-hydrogen) atoms. The first kappa shape index (κ1) is 26.4. The van der Waals surface area contributed by atoms with Gasteiger partial charge in [0.15, 0.2) is 10.8 Å². The van der Waals surface area contributed by atoms with E-state index in [-0.39, 0.29) is 42.7 Å². The lowest BCUT2D eigenvalue weighted by molar-refractivity contribution is 0.0561. The van der Waals surface area contributed by atoms with Gasteiger partial charge in [-0.1, -0.05) is 23.4 Å². The minimum atomic E-state index is -3.87. The first-order valence-electron chi connectivity index (χ1n) is 12.8. The summed E-state index contributed by atoms with van der Waals surface area (Å²) in [6, 6.07) is 9.60. The summed E-state index contributed by atoms with van der Waals surface area (Å²) in [6.45, 7) is 2.10. The van der Waals surface area contributed by atoms with E-state index < -0.39 is 16.1 Å². The monoisotopic (exact) mass is 580 g/mol. The molecule has 0 aliphatic carbocycles. The van der Waals surface area contributed by atoms with Gasteiger partial charge in [0.1, 0.15) is 5.84 Å². The lowest BCUT2D eigenvalue weighted by Crippen LogP contribution is -2.57. The van der Waals surface area contributed by atoms with Crippen molar-refractivity contribution in [2.75, 3.05) is 33.2 Å². The zero-order chi connectivity index (χ0) is 28.0. The van der Waals surface area contributed by atoms with Gasteiger partial charge in [0.2, 0.25) is 10.0 Å². The number of amides is 1. The van der Waals surface area contributed by atoms with Gasteiger partial charge < -0.3 is 15.5 Å². The van der Waals surface area contributed by atoms with Crippen molar-refractivity contribution in [1.82, 2.24) is 39.7 Å². The van der Waals surface area contributed by atoms with Crippen molar-refractivity contribution in [3.05, 3.63) is 63.4 Å². The zero-order valence-electron chi connectivity index (χ0n) is 21.7. The fraction of sp³-hybridized carbons (Fsp3) is 0.360. The molecule has 2 aliphatic heterocycles. The molecule has 1 atom stereocenters. The molecule has 4 N–H and O–H groups in total. The van der Waals surface area contributed by atoms with Crippen LogP contribution in [0.25, 0.3) is 10.8 Å². The van der Waals surface area contributed by atoms with E-state index in [4.69, 9.17) is 11.1 Å². The molecule has 2 aromatic carbocycles. The van der Waals surface area contributed by atoms with Gasteiger partial charge in [0.05, 0.1) is 16.6 Å². The Hall–Kier alpha value is -3.79. The van der Waals surface area contributed by atoms with Crippen LogP contribution in [0.2, 0.25) is 0 Å². The number of fused-ring (bicyclic) bond motifs is 2. The Morgan fingerprint density at radius 3 is 2.75 bits per heavy atom. The van der Waals surface area contributed by atoms with Gasteiger partial charge in [-0.15, -0.1) is 21.5 Å². The maximum Gasteiger partial charge on any atom is 0.283 e. The number of sulfonamides is 1. The van der Waals surface area contributed by atoms with Gasteiger partial charge in [-0.25, -0.2) is 13.4 Å². The minimum absolute atomic E-state index is 0.0519. The highest BCUT2D eigenvalue weighted by molar-refractivity contribution is 7.89. The number of tetrazole rings is 1. The molecule has 0 bridgehead atoms. The number of H-pyrrole nitrogens is 1. The van der Waals surface area contributed by atoms with Gasteiger partial charge >= 0.3 is 0 Å². The lowest BCUT2D eigenvalue weighted by Gasteiger charge is -2.40. The molecule has 2 aliphatic rings. The van der Waals surface area contributed by atoms with Crippen LogP contribution in [-0.4, -0.2) is 99.1 Å². The summed E-state index contributed by atoms with van der Waals surface area (Å²) in [6.07, 6.45) is 1.05. The molecule has 1 unspecified atom stereocenters. The number of likely N-dealkylation sites (N-methyl/N-ethyl adjacent to an activating group) is 1. The number of piperazine rings is 1. The molecule has 2 aromatic heterocycles. The van der Waals surface area contributed by atoms with Crippen LogP contribution in [0, 0.1) is 5.41 Å². The molecule has 0 spiro atoms. The van der Waals surface area contributed by atoms with Crippen LogP contribution in [0.1, 0.15) is 31.8 Å². The van der Waals surface area contributed by atoms with E-state index in [1.54, 1.807) is 41.3 Å². The third kappa shape index (κ3) is 4.96. The molecule has 6 rings (SSSR count). The number of aromatic amines is 1. The molecule has 4 heterocycles. The number of nitrogens with zero attached hydrogens (tertiary/aromatic N) is 7. The molecular weight excluding hydrogens is 552 g/mol. The molecule has 15 heteroatoms. The van der Waals surface area contributed by atoms with E-state index in [0.717, 1.165) is 40.9 Å². The third-order valence-electron chi connectivity index (χ3n) is 7.38. The number of aromatic nitrogens is 5. The summed E-state index contributed by atoms with van der Waals surface area (Å²) in [5.74, 6) is 0.137. The van der Waals surface area contributed by atoms with Crippen molar-refractivity contribution in [1.29, 1.82) is 5.41 Å². The van der Waals surface area contributed by atoms with E-state index in [9.17, 15) is 13.2 Å². The van der Waals surface area contributed by atoms with Gasteiger partial charge in [-0.2, -0.15) is 9.52 Å². The average molecular weight is 581 g/mol. The number of thiazole rings is 1. The van der Waals surface area contributed by atoms with Crippen LogP contribution in [0.15, 0.2) is 41.3 Å². The number of benzene rings is 2. The van der Waals surface area contributed by atoms with Crippen molar-refractivity contribution in [2.45, 2.75) is 30.3 Å². The van der Waals surface area contributed by atoms with Crippen LogP contribution in [-0.2, 0) is 29.4 Å². The van der Waals surface area contributed by atoms with Crippen molar-refractivity contribution >= 4 is 43.9 Å². The first-order chi connectivity index (χ1) is 19.2. The van der Waals surface area contributed by atoms with Crippen molar-refractivity contribution in [3.63, 3.8) is 0 Å². The summed E-state index contributed by atoms with van der Waals surface area (Å²) in [5, 5.41) is 23.7. The largest absolute Gasteiger partial charge is 0.384 e. The number of hydrogen-bond donors (Lipinski definition) is 3. The second-order valence-electron chi connectivity index (χ2n) is 10.1. The van der Waals surface area contributed by atoms with Gasteiger partial charge in [-0.05, 0) is 36.0 Å². The molecule has 4 aromatic rings. The summed E-state index contributed by atoms with van der Waals surface area (Å²) in [4.78, 5) is 23.5. The van der Waals surface area contributed by atoms with Crippen molar-refractivity contribution in [2.24, 2.45) is 5.73 Å². The lowest BCUT2D eigenvalue weighted by atomic mass is 10.1. The average Bonchev–Trinajstić information content (AvgIpc) is 3.61. The van der Waals surface area contributed by atoms with Gasteiger partial charge in [0.25, 0.3) is 5.91 Å². The first-order valence-corrected chi connectivity index (χ1v) is 15.0. The SMILES string of the molecule is CN1CCc2nc(C(=O)N3CCN(S(=O)(=O)c4ccc5cc(C(=N)N)ccc5c4)CC3Cc3nn[nH]n3)sc2C1. The van der Waals surface area contributed by atoms with Crippen LogP contribution in [0.4, 0.5) is 0 Å². The highest BCUT2D eigenvalue weighted by Crippen LogP contribution is 2.29. The molecule has 1 fully saturated rings. The number of hydrogen-bond acceptors (Lipinski definition) is 10. The number of nitrogens with one attached hydrogen (secondary N) is 2. The standard InChI is InChI=1S/C25H28N10O3S2/c1-33-7-6-20-21(14-33)39-24(28-20)25(36)35-9-8-34(13-18(35)12-22-29-31-32-30-22)40(37,38)19-5-4-15-10-17(23(26)27)3-2-16(15)11-19/h2-5,10-11,18H,6-9,12-14H2,1H3,(H3,26,27)(H,29,30,31,32). The normalized spacial score (nSPS) is 18.6. The Morgan fingerprint density at radius 1 is 1.18 bits per heavy atom. The number of nitrogens with two attached hydrogens (primary N) is 1. The Morgan fingerprint density at radius 2 is 1.98 bits per heavy atom. The zero-order valence-corrected chi connectivity index (χ0v) is 23.4. The van der Waals surface area contributed by atoms with E-state index in [1.807, 2.05) is 7.05 Å². The molecule has 0 radical (unpaired) electrons. The third-order valence-corrected chi connectivity index (χ3v) is 10.3. The Labute approximate surface area is 234 Å². The number of rotatable bonds is 6. The number of carbonyl (C=O) groups is 1. The van der Waals surface area contributed by atoms with Crippen LogP contribution in [0.3, 0.4) is 0 Å². The Bertz CT molecular complexity index is 1700. The predicted octanol–water partition coefficient (Wildman–Crippen LogP) is 0.839. The number of nitrogen functional groups attached to an aromatic ring is 1. The van der Waals surface area contributed by atoms with Gasteiger partial charge in [0, 0.05) is 56.0 Å². The molecule has 1 amide bonds. The predicted molar refractivity (Wildman–Crippen MR) is 149 cm³/mol. The van der Waals surface area contributed by atoms with E-state index in [1.165, 1.54) is 15.6 Å². The minimum Gasteiger partial charge on any atom is -0.384 e. The van der Waals surface area contributed by atoms with E-state index >= 15 is 0 Å². The summed E-state index contributed by atoms with van der Waals surface area (Å²) in [7, 11) is -1.82. The summed E-state index contributed by atoms with van der Waals surface area (Å²) in [5.41, 5.74) is 7.13. The van der Waals surface area contributed by atoms with E-state index in [2.05, 4.69) is 30.5 Å². The topological polar surface area (TPSA) is 178 Å². The fourth-order valence-electron chi connectivity index (χ4n) is 5.21. The maximum absolute atomic E-state index is 13.8. The molecule has 1 saturated heterocycles. The smallest absolute Gasteiger partial charge is 0.283 e. The maximum atomic E-state index is 13.8. The fourth-order valence-corrected chi connectivity index (χ4v) is 7.85. The number of carbonyl (C=O) groups excluding carboxylic acids is 1. The second kappa shape index (κ2) is 10.3. The Kier molecular flexibility index (Phi) is 6.82. The molecule has 13 nitrogen and oxygen atoms in total. The molecular formula is C25H28N10O3S2. The summed E-state index contributed by atoms with van der Waals surface area (Å²) < 4.78 is 28.9. The van der Waals surface area contributed by atoms with Crippen molar-refractivity contribution < 1.29 is 13.2 Å². The van der Waals surface area contributed by atoms with Crippen molar-refractivity contribution in [3.8, 4) is 0 Å². The summed E-state index contributed by atoms with van der Waals surface area (Å²) >= 11 is 1.41.